The summed E-state index contributed by atoms with van der Waals surface area (Å²) < 4.78 is 10.9. The molecule has 1 aliphatic rings. The zero-order chi connectivity index (χ0) is 15.1. The van der Waals surface area contributed by atoms with Crippen molar-refractivity contribution >= 4 is 5.97 Å². The molecule has 0 spiro atoms. The van der Waals surface area contributed by atoms with Crippen molar-refractivity contribution in [3.8, 4) is 0 Å². The smallest absolute Gasteiger partial charge is 0.307 e. The first-order valence-electron chi connectivity index (χ1n) is 6.96. The molecule has 1 N–H and O–H groups in total. The average Bonchev–Trinajstić information content (AvgIpc) is 2.76. The number of carboxylic acid groups (broad SMARTS) is 1. The van der Waals surface area contributed by atoms with Crippen LogP contribution in [0.15, 0.2) is 4.52 Å². The van der Waals surface area contributed by atoms with Crippen molar-refractivity contribution in [2.45, 2.75) is 52.1 Å². The Balaban J connectivity index is 2.29. The van der Waals surface area contributed by atoms with E-state index in [0.717, 1.165) is 12.8 Å². The molecule has 0 aliphatic heterocycles. The molecular weight excluding hydrogens is 260 g/mol. The number of carbonyl (C=O) groups is 1. The highest BCUT2D eigenvalue weighted by atomic mass is 16.5. The molecule has 2 unspecified atom stereocenters. The number of aromatic nitrogens is 2. The monoisotopic (exact) mass is 282 g/mol. The molecule has 1 heterocycles. The average molecular weight is 282 g/mol. The Kier molecular flexibility index (Phi) is 3.62. The lowest BCUT2D eigenvalue weighted by Crippen LogP contribution is -2.28. The Morgan fingerprint density at radius 2 is 2.05 bits per heavy atom. The van der Waals surface area contributed by atoms with E-state index in [-0.39, 0.29) is 11.3 Å². The van der Waals surface area contributed by atoms with Crippen molar-refractivity contribution in [1.29, 1.82) is 0 Å². The van der Waals surface area contributed by atoms with Crippen LogP contribution in [0.1, 0.15) is 58.2 Å². The van der Waals surface area contributed by atoms with Gasteiger partial charge in [0.1, 0.15) is 5.60 Å². The number of hydrogen-bond donors (Lipinski definition) is 1. The number of aliphatic carboxylic acids is 1. The molecule has 0 aromatic carbocycles. The predicted octanol–water partition coefficient (Wildman–Crippen LogP) is 2.56. The maximum atomic E-state index is 11.2. The van der Waals surface area contributed by atoms with Gasteiger partial charge in [0, 0.05) is 7.11 Å². The summed E-state index contributed by atoms with van der Waals surface area (Å²) in [5, 5.41) is 13.2. The maximum Gasteiger partial charge on any atom is 0.307 e. The van der Waals surface area contributed by atoms with Crippen molar-refractivity contribution < 1.29 is 19.2 Å². The lowest BCUT2D eigenvalue weighted by Gasteiger charge is -2.25. The Labute approximate surface area is 118 Å². The van der Waals surface area contributed by atoms with Crippen LogP contribution >= 0.6 is 0 Å². The van der Waals surface area contributed by atoms with Crippen LogP contribution in [-0.2, 0) is 15.1 Å². The summed E-state index contributed by atoms with van der Waals surface area (Å²) in [5.41, 5.74) is -0.900. The highest BCUT2D eigenvalue weighted by Crippen LogP contribution is 2.64. The van der Waals surface area contributed by atoms with Gasteiger partial charge in [0.05, 0.1) is 11.8 Å². The first kappa shape index (κ1) is 15.0. The van der Waals surface area contributed by atoms with Gasteiger partial charge in [0.2, 0.25) is 11.7 Å². The van der Waals surface area contributed by atoms with Crippen LogP contribution in [0.4, 0.5) is 0 Å². The number of carboxylic acids is 1. The van der Waals surface area contributed by atoms with Gasteiger partial charge >= 0.3 is 5.97 Å². The molecule has 6 heteroatoms. The van der Waals surface area contributed by atoms with E-state index in [1.165, 1.54) is 0 Å². The van der Waals surface area contributed by atoms with Gasteiger partial charge < -0.3 is 14.4 Å². The molecule has 20 heavy (non-hydrogen) atoms. The molecule has 1 saturated carbocycles. The lowest BCUT2D eigenvalue weighted by molar-refractivity contribution is -0.139. The van der Waals surface area contributed by atoms with Crippen LogP contribution in [0.2, 0.25) is 0 Å². The second-order valence-corrected chi connectivity index (χ2v) is 5.98. The summed E-state index contributed by atoms with van der Waals surface area (Å²) in [4.78, 5) is 15.6. The molecule has 0 bridgehead atoms. The van der Waals surface area contributed by atoms with Crippen LogP contribution in [0.5, 0.6) is 0 Å². The molecule has 2 rings (SSSR count). The SMILES string of the molecule is CCC(CC)(OC)c1noc(C2C(C(=O)O)C2(C)C)n1. The Morgan fingerprint density at radius 1 is 1.45 bits per heavy atom. The molecular formula is C14H22N2O4. The maximum absolute atomic E-state index is 11.2. The van der Waals surface area contributed by atoms with E-state index in [0.29, 0.717) is 11.7 Å². The summed E-state index contributed by atoms with van der Waals surface area (Å²) in [7, 11) is 1.63. The number of rotatable bonds is 6. The molecule has 0 saturated heterocycles. The lowest BCUT2D eigenvalue weighted by atomic mass is 9.96. The largest absolute Gasteiger partial charge is 0.481 e. The minimum Gasteiger partial charge on any atom is -0.481 e. The second-order valence-electron chi connectivity index (χ2n) is 5.98. The van der Waals surface area contributed by atoms with Gasteiger partial charge in [0.15, 0.2) is 0 Å². The highest BCUT2D eigenvalue weighted by Gasteiger charge is 2.65. The van der Waals surface area contributed by atoms with E-state index in [1.54, 1.807) is 7.11 Å². The first-order valence-corrected chi connectivity index (χ1v) is 6.96. The van der Waals surface area contributed by atoms with Gasteiger partial charge in [-0.05, 0) is 18.3 Å². The molecule has 2 atom stereocenters. The topological polar surface area (TPSA) is 85.5 Å². The summed E-state index contributed by atoms with van der Waals surface area (Å²) in [5.74, 6) is -0.586. The van der Waals surface area contributed by atoms with Crippen LogP contribution in [0, 0.1) is 11.3 Å². The zero-order valence-corrected chi connectivity index (χ0v) is 12.6. The van der Waals surface area contributed by atoms with Gasteiger partial charge in [-0.2, -0.15) is 4.98 Å². The third-order valence-electron chi connectivity index (χ3n) is 4.74. The molecule has 1 aliphatic carbocycles. The van der Waals surface area contributed by atoms with Crippen molar-refractivity contribution in [1.82, 2.24) is 10.1 Å². The molecule has 0 radical (unpaired) electrons. The minimum atomic E-state index is -0.816. The molecule has 6 nitrogen and oxygen atoms in total. The van der Waals surface area contributed by atoms with Crippen LogP contribution < -0.4 is 0 Å². The summed E-state index contributed by atoms with van der Waals surface area (Å²) in [6, 6.07) is 0. The van der Waals surface area contributed by atoms with Crippen molar-refractivity contribution in [3.63, 3.8) is 0 Å². The van der Waals surface area contributed by atoms with Crippen molar-refractivity contribution in [3.05, 3.63) is 11.7 Å². The Hall–Kier alpha value is -1.43. The normalized spacial score (nSPS) is 24.6. The minimum absolute atomic E-state index is 0.218. The fraction of sp³-hybridized carbons (Fsp3) is 0.786. The number of nitrogens with zero attached hydrogens (tertiary/aromatic N) is 2. The summed E-state index contributed by atoms with van der Waals surface area (Å²) in [6.07, 6.45) is 1.46. The van der Waals surface area contributed by atoms with E-state index in [2.05, 4.69) is 10.1 Å². The van der Waals surface area contributed by atoms with E-state index in [1.807, 2.05) is 27.7 Å². The Morgan fingerprint density at radius 3 is 2.45 bits per heavy atom. The third kappa shape index (κ3) is 2.02. The van der Waals surface area contributed by atoms with Gasteiger partial charge in [-0.3, -0.25) is 4.79 Å². The fourth-order valence-corrected chi connectivity index (χ4v) is 3.05. The van der Waals surface area contributed by atoms with E-state index >= 15 is 0 Å². The van der Waals surface area contributed by atoms with E-state index in [4.69, 9.17) is 9.26 Å². The van der Waals surface area contributed by atoms with Gasteiger partial charge in [-0.1, -0.05) is 32.9 Å². The van der Waals surface area contributed by atoms with Crippen LogP contribution in [-0.4, -0.2) is 28.3 Å². The Bertz CT molecular complexity index is 497. The summed E-state index contributed by atoms with van der Waals surface area (Å²) >= 11 is 0. The molecule has 1 fully saturated rings. The van der Waals surface area contributed by atoms with E-state index < -0.39 is 17.5 Å². The highest BCUT2D eigenvalue weighted by molar-refractivity contribution is 5.77. The quantitative estimate of drug-likeness (QED) is 0.863. The van der Waals surface area contributed by atoms with E-state index in [9.17, 15) is 9.90 Å². The third-order valence-corrected chi connectivity index (χ3v) is 4.74. The number of ether oxygens (including phenoxy) is 1. The van der Waals surface area contributed by atoms with Crippen LogP contribution in [0.3, 0.4) is 0 Å². The van der Waals surface area contributed by atoms with Crippen molar-refractivity contribution in [2.24, 2.45) is 11.3 Å². The molecule has 0 amide bonds. The number of hydrogen-bond acceptors (Lipinski definition) is 5. The second kappa shape index (κ2) is 4.84. The molecule has 1 aromatic rings. The predicted molar refractivity (Wildman–Crippen MR) is 71.2 cm³/mol. The zero-order valence-electron chi connectivity index (χ0n) is 12.6. The van der Waals surface area contributed by atoms with Gasteiger partial charge in [-0.15, -0.1) is 0 Å². The first-order chi connectivity index (χ1) is 9.34. The fourth-order valence-electron chi connectivity index (χ4n) is 3.05. The van der Waals surface area contributed by atoms with Crippen LogP contribution in [0.25, 0.3) is 0 Å². The standard InChI is InChI=1S/C14H22N2O4/c1-6-14(7-2,19-5)12-15-10(20-16-12)8-9(11(17)18)13(8,3)4/h8-9H,6-7H2,1-5H3,(H,17,18). The summed E-state index contributed by atoms with van der Waals surface area (Å²) in [6.45, 7) is 7.82. The van der Waals surface area contributed by atoms with Gasteiger partial charge in [0.25, 0.3) is 0 Å². The van der Waals surface area contributed by atoms with Gasteiger partial charge in [-0.25, -0.2) is 0 Å². The van der Waals surface area contributed by atoms with Crippen molar-refractivity contribution in [2.75, 3.05) is 7.11 Å². The molecule has 1 aromatic heterocycles. The number of methoxy groups -OCH3 is 1. The molecule has 112 valence electrons.